The molecule has 1 aromatic heterocycles. The van der Waals surface area contributed by atoms with E-state index in [1.807, 2.05) is 35.2 Å². The third-order valence-electron chi connectivity index (χ3n) is 5.20. The van der Waals surface area contributed by atoms with E-state index in [4.69, 9.17) is 20.8 Å². The molecule has 0 unspecified atom stereocenters. The summed E-state index contributed by atoms with van der Waals surface area (Å²) in [5.41, 5.74) is 2.91. The van der Waals surface area contributed by atoms with E-state index < -0.39 is 6.09 Å². The van der Waals surface area contributed by atoms with Gasteiger partial charge in [-0.15, -0.1) is 0 Å². The zero-order chi connectivity index (χ0) is 21.3. The number of carbonyl (C=O) groups excluding carboxylic acids is 2. The van der Waals surface area contributed by atoms with Crippen molar-refractivity contribution in [3.63, 3.8) is 0 Å². The summed E-state index contributed by atoms with van der Waals surface area (Å²) < 4.78 is 10.6. The highest BCUT2D eigenvalue weighted by Gasteiger charge is 2.20. The van der Waals surface area contributed by atoms with Crippen LogP contribution >= 0.6 is 11.6 Å². The zero-order valence-electron chi connectivity index (χ0n) is 16.8. The molecule has 2 amide bonds. The van der Waals surface area contributed by atoms with Gasteiger partial charge in [0.05, 0.1) is 5.02 Å². The maximum absolute atomic E-state index is 12.7. The third-order valence-corrected chi connectivity index (χ3v) is 5.48. The summed E-state index contributed by atoms with van der Waals surface area (Å²) in [6.45, 7) is 3.26. The Labute approximate surface area is 179 Å². The largest absolute Gasteiger partial charge is 0.424 e. The minimum atomic E-state index is -0.619. The van der Waals surface area contributed by atoms with Crippen LogP contribution in [0.1, 0.15) is 10.4 Å². The monoisotopic (exact) mass is 427 g/mol. The number of likely N-dealkylation sites (N-methyl/N-ethyl adjacent to an activating group) is 1. The summed E-state index contributed by atoms with van der Waals surface area (Å²) in [6, 6.07) is 12.8. The summed E-state index contributed by atoms with van der Waals surface area (Å²) >= 11 is 6.38. The molecule has 1 saturated heterocycles. The van der Waals surface area contributed by atoms with E-state index in [1.54, 1.807) is 12.1 Å². The highest BCUT2D eigenvalue weighted by Crippen LogP contribution is 2.35. The molecule has 4 rings (SSSR count). The van der Waals surface area contributed by atoms with Crippen LogP contribution in [-0.4, -0.2) is 62.1 Å². The molecule has 30 heavy (non-hydrogen) atoms. The molecule has 1 N–H and O–H groups in total. The first-order chi connectivity index (χ1) is 14.4. The Morgan fingerprint density at radius 1 is 1.03 bits per heavy atom. The number of halogens is 1. The van der Waals surface area contributed by atoms with E-state index >= 15 is 0 Å². The fourth-order valence-electron chi connectivity index (χ4n) is 3.44. The zero-order valence-corrected chi connectivity index (χ0v) is 17.5. The Balaban J connectivity index is 1.56. The molecule has 0 radical (unpaired) electrons. The van der Waals surface area contributed by atoms with Crippen molar-refractivity contribution in [1.29, 1.82) is 0 Å². The maximum atomic E-state index is 12.7. The standard InChI is InChI=1S/C22H22ClN3O4/c1-24-22(28)30-19-13-17-11-16(12-18(23)20(17)29-19)14-3-5-15(6-4-14)21(27)26-9-7-25(2)8-10-26/h3-6,11-13H,7-10H2,1-2H3,(H,24,28). The average Bonchev–Trinajstić information content (AvgIpc) is 3.16. The van der Waals surface area contributed by atoms with Gasteiger partial charge in [-0.2, -0.15) is 0 Å². The van der Waals surface area contributed by atoms with Crippen LogP contribution in [-0.2, 0) is 0 Å². The second-order valence-corrected chi connectivity index (χ2v) is 7.66. The quantitative estimate of drug-likeness (QED) is 0.687. The molecule has 1 aliphatic rings. The van der Waals surface area contributed by atoms with E-state index in [0.717, 1.165) is 37.3 Å². The van der Waals surface area contributed by atoms with E-state index in [-0.39, 0.29) is 11.9 Å². The van der Waals surface area contributed by atoms with Crippen molar-refractivity contribution in [2.45, 2.75) is 0 Å². The normalized spacial score (nSPS) is 14.7. The van der Waals surface area contributed by atoms with Gasteiger partial charge in [-0.1, -0.05) is 23.7 Å². The predicted octanol–water partition coefficient (Wildman–Crippen LogP) is 3.86. The van der Waals surface area contributed by atoms with Crippen LogP contribution in [0.3, 0.4) is 0 Å². The summed E-state index contributed by atoms with van der Waals surface area (Å²) in [5, 5.41) is 3.49. The first-order valence-electron chi connectivity index (χ1n) is 9.65. The van der Waals surface area contributed by atoms with Crippen molar-refractivity contribution in [3.8, 4) is 17.1 Å². The van der Waals surface area contributed by atoms with Crippen LogP contribution in [0.4, 0.5) is 4.79 Å². The summed E-state index contributed by atoms with van der Waals surface area (Å²) in [5.74, 6) is 0.116. The molecule has 0 saturated carbocycles. The molecule has 8 heteroatoms. The Morgan fingerprint density at radius 3 is 2.40 bits per heavy atom. The molecule has 0 aliphatic carbocycles. The van der Waals surface area contributed by atoms with Crippen LogP contribution in [0.25, 0.3) is 22.1 Å². The topological polar surface area (TPSA) is 75.0 Å². The average molecular weight is 428 g/mol. The van der Waals surface area contributed by atoms with E-state index in [1.165, 1.54) is 7.05 Å². The number of hydrogen-bond donors (Lipinski definition) is 1. The van der Waals surface area contributed by atoms with Crippen molar-refractivity contribution in [1.82, 2.24) is 15.1 Å². The fraction of sp³-hybridized carbons (Fsp3) is 0.273. The van der Waals surface area contributed by atoms with Crippen LogP contribution in [0.5, 0.6) is 5.95 Å². The smallest absolute Gasteiger partial charge is 0.414 e. The minimum Gasteiger partial charge on any atom is -0.424 e. The van der Waals surface area contributed by atoms with Gasteiger partial charge in [0.25, 0.3) is 11.9 Å². The molecule has 1 fully saturated rings. The van der Waals surface area contributed by atoms with Gasteiger partial charge < -0.3 is 24.3 Å². The lowest BCUT2D eigenvalue weighted by molar-refractivity contribution is 0.0664. The number of hydrogen-bond acceptors (Lipinski definition) is 5. The van der Waals surface area contributed by atoms with E-state index in [0.29, 0.717) is 21.6 Å². The van der Waals surface area contributed by atoms with E-state index in [2.05, 4.69) is 17.3 Å². The number of nitrogens with one attached hydrogen (secondary N) is 1. The lowest BCUT2D eigenvalue weighted by Gasteiger charge is -2.32. The van der Waals surface area contributed by atoms with Gasteiger partial charge >= 0.3 is 6.09 Å². The Bertz CT molecular complexity index is 1090. The molecule has 3 aromatic rings. The van der Waals surface area contributed by atoms with Crippen molar-refractivity contribution >= 4 is 34.6 Å². The summed E-state index contributed by atoms with van der Waals surface area (Å²) in [7, 11) is 3.53. The number of rotatable bonds is 3. The number of piperazine rings is 1. The van der Waals surface area contributed by atoms with Gasteiger partial charge in [0.15, 0.2) is 5.58 Å². The van der Waals surface area contributed by atoms with Gasteiger partial charge in [-0.05, 0) is 42.4 Å². The molecule has 0 atom stereocenters. The lowest BCUT2D eigenvalue weighted by Crippen LogP contribution is -2.47. The molecule has 2 heterocycles. The number of carbonyl (C=O) groups is 2. The van der Waals surface area contributed by atoms with Gasteiger partial charge in [0.2, 0.25) is 0 Å². The molecule has 7 nitrogen and oxygen atoms in total. The van der Waals surface area contributed by atoms with Crippen LogP contribution in [0, 0.1) is 0 Å². The molecule has 0 bridgehead atoms. The van der Waals surface area contributed by atoms with Crippen LogP contribution < -0.4 is 10.1 Å². The Hall–Kier alpha value is -3.03. The van der Waals surface area contributed by atoms with E-state index in [9.17, 15) is 9.59 Å². The van der Waals surface area contributed by atoms with Gasteiger partial charge in [0.1, 0.15) is 0 Å². The van der Waals surface area contributed by atoms with Crippen LogP contribution in [0.2, 0.25) is 5.02 Å². The molecule has 156 valence electrons. The third kappa shape index (κ3) is 4.13. The molecule has 0 spiro atoms. The Kier molecular flexibility index (Phi) is 5.65. The maximum Gasteiger partial charge on any atom is 0.414 e. The second-order valence-electron chi connectivity index (χ2n) is 7.25. The number of benzene rings is 2. The minimum absolute atomic E-state index is 0.0500. The Morgan fingerprint density at radius 2 is 1.73 bits per heavy atom. The molecule has 1 aliphatic heterocycles. The fourth-order valence-corrected chi connectivity index (χ4v) is 3.71. The van der Waals surface area contributed by atoms with Crippen molar-refractivity contribution in [2.24, 2.45) is 0 Å². The predicted molar refractivity (Wildman–Crippen MR) is 115 cm³/mol. The van der Waals surface area contributed by atoms with Crippen molar-refractivity contribution < 1.29 is 18.7 Å². The first kappa shape index (κ1) is 20.3. The first-order valence-corrected chi connectivity index (χ1v) is 10.0. The summed E-state index contributed by atoms with van der Waals surface area (Å²) in [6.07, 6.45) is -0.619. The van der Waals surface area contributed by atoms with Gasteiger partial charge in [-0.3, -0.25) is 4.79 Å². The number of amides is 2. The highest BCUT2D eigenvalue weighted by molar-refractivity contribution is 6.35. The molecular weight excluding hydrogens is 406 g/mol. The molecular formula is C22H22ClN3O4. The van der Waals surface area contributed by atoms with Crippen molar-refractivity contribution in [3.05, 3.63) is 53.1 Å². The van der Waals surface area contributed by atoms with Gasteiger partial charge in [0, 0.05) is 50.2 Å². The number of ether oxygens (including phenoxy) is 1. The number of fused-ring (bicyclic) bond motifs is 1. The molecule has 2 aromatic carbocycles. The lowest BCUT2D eigenvalue weighted by atomic mass is 10.0. The SMILES string of the molecule is CNC(=O)Oc1cc2cc(-c3ccc(C(=O)N4CCN(C)CC4)cc3)cc(Cl)c2o1. The number of furan rings is 1. The van der Waals surface area contributed by atoms with Crippen LogP contribution in [0.15, 0.2) is 46.9 Å². The number of nitrogens with zero attached hydrogens (tertiary/aromatic N) is 2. The van der Waals surface area contributed by atoms with Gasteiger partial charge in [-0.25, -0.2) is 4.79 Å². The van der Waals surface area contributed by atoms with Crippen molar-refractivity contribution in [2.75, 3.05) is 40.3 Å². The second kappa shape index (κ2) is 8.38. The highest BCUT2D eigenvalue weighted by atomic mass is 35.5. The summed E-state index contributed by atoms with van der Waals surface area (Å²) in [4.78, 5) is 28.2.